The Morgan fingerprint density at radius 3 is 2.82 bits per heavy atom. The minimum absolute atomic E-state index is 0.302. The third-order valence-corrected chi connectivity index (χ3v) is 5.18. The summed E-state index contributed by atoms with van der Waals surface area (Å²) in [5.41, 5.74) is 2.57. The Morgan fingerprint density at radius 2 is 2.04 bits per heavy atom. The molecule has 1 atom stereocenters. The lowest BCUT2D eigenvalue weighted by molar-refractivity contribution is 0.396. The Kier molecular flexibility index (Phi) is 5.20. The number of imidazole rings is 1. The van der Waals surface area contributed by atoms with Gasteiger partial charge in [0.15, 0.2) is 0 Å². The molecule has 7 nitrogen and oxygen atoms in total. The van der Waals surface area contributed by atoms with Crippen LogP contribution in [0, 0.1) is 11.3 Å². The summed E-state index contributed by atoms with van der Waals surface area (Å²) >= 11 is 0. The van der Waals surface area contributed by atoms with E-state index in [-0.39, 0.29) is 0 Å². The zero-order valence-corrected chi connectivity index (χ0v) is 15.8. The average Bonchev–Trinajstić information content (AvgIpc) is 3.22. The van der Waals surface area contributed by atoms with Gasteiger partial charge in [-0.15, -0.1) is 0 Å². The summed E-state index contributed by atoms with van der Waals surface area (Å²) in [6, 6.07) is 8.20. The lowest BCUT2D eigenvalue weighted by Gasteiger charge is -2.34. The van der Waals surface area contributed by atoms with Crippen LogP contribution in [-0.2, 0) is 6.54 Å². The molecule has 0 saturated carbocycles. The first-order valence-electron chi connectivity index (χ1n) is 9.38. The van der Waals surface area contributed by atoms with Gasteiger partial charge in [-0.1, -0.05) is 0 Å². The van der Waals surface area contributed by atoms with E-state index in [0.29, 0.717) is 17.4 Å². The zero-order chi connectivity index (χ0) is 19.3. The second-order valence-corrected chi connectivity index (χ2v) is 6.88. The molecule has 0 aromatic carbocycles. The Labute approximate surface area is 164 Å². The normalized spacial score (nSPS) is 16.6. The largest absolute Gasteiger partial charge is 0.480 e. The average molecular weight is 374 g/mol. The lowest BCUT2D eigenvalue weighted by Crippen LogP contribution is -2.36. The maximum absolute atomic E-state index is 9.60. The van der Waals surface area contributed by atoms with Crippen LogP contribution in [0.25, 0.3) is 0 Å². The van der Waals surface area contributed by atoms with Crippen LogP contribution in [0.3, 0.4) is 0 Å². The predicted molar refractivity (Wildman–Crippen MR) is 105 cm³/mol. The highest BCUT2D eigenvalue weighted by molar-refractivity contribution is 5.63. The van der Waals surface area contributed by atoms with Crippen molar-refractivity contribution < 1.29 is 4.74 Å². The van der Waals surface area contributed by atoms with Crippen molar-refractivity contribution >= 4 is 5.69 Å². The molecule has 4 heterocycles. The monoisotopic (exact) mass is 374 g/mol. The van der Waals surface area contributed by atoms with Gasteiger partial charge < -0.3 is 14.2 Å². The van der Waals surface area contributed by atoms with Crippen LogP contribution in [0.4, 0.5) is 5.69 Å². The molecule has 1 fully saturated rings. The topological polar surface area (TPSA) is 79.9 Å². The molecule has 0 radical (unpaired) electrons. The number of nitrogens with zero attached hydrogens (tertiary/aromatic N) is 6. The van der Waals surface area contributed by atoms with Gasteiger partial charge in [-0.3, -0.25) is 4.98 Å². The molecule has 1 saturated heterocycles. The summed E-state index contributed by atoms with van der Waals surface area (Å²) in [6.07, 6.45) is 11.3. The molecule has 0 aliphatic carbocycles. The molecule has 3 aromatic rings. The van der Waals surface area contributed by atoms with Crippen molar-refractivity contribution in [1.29, 1.82) is 5.26 Å². The maximum atomic E-state index is 9.60. The Hall–Kier alpha value is -3.40. The number of nitriles is 1. The van der Waals surface area contributed by atoms with Gasteiger partial charge in [0, 0.05) is 56.5 Å². The van der Waals surface area contributed by atoms with Gasteiger partial charge in [0.25, 0.3) is 0 Å². The second-order valence-electron chi connectivity index (χ2n) is 6.88. The van der Waals surface area contributed by atoms with E-state index in [9.17, 15) is 5.26 Å². The van der Waals surface area contributed by atoms with E-state index in [4.69, 9.17) is 4.74 Å². The summed E-state index contributed by atoms with van der Waals surface area (Å²) < 4.78 is 7.48. The highest BCUT2D eigenvalue weighted by atomic mass is 16.5. The van der Waals surface area contributed by atoms with Crippen molar-refractivity contribution in [3.8, 4) is 11.9 Å². The molecule has 4 rings (SSSR count). The molecule has 0 amide bonds. The minimum atomic E-state index is 0.302. The molecule has 7 heteroatoms. The molecule has 0 N–H and O–H groups in total. The number of ether oxygens (including phenoxy) is 1. The van der Waals surface area contributed by atoms with Crippen molar-refractivity contribution in [2.75, 3.05) is 25.1 Å². The smallest absolute Gasteiger partial charge is 0.233 e. The van der Waals surface area contributed by atoms with E-state index < -0.39 is 0 Å². The Bertz CT molecular complexity index is 978. The predicted octanol–water partition coefficient (Wildman–Crippen LogP) is 2.99. The first-order valence-corrected chi connectivity index (χ1v) is 9.38. The first kappa shape index (κ1) is 18.0. The molecule has 0 unspecified atom stereocenters. The van der Waals surface area contributed by atoms with Crippen LogP contribution in [0.5, 0.6) is 5.88 Å². The van der Waals surface area contributed by atoms with Crippen LogP contribution < -0.4 is 9.64 Å². The number of anilines is 1. The SMILES string of the molecule is COc1nccc(N2CCC[C@@H](c3nccn3Cc3ccncc3)C2)c1C#N. The number of hydrogen-bond donors (Lipinski definition) is 0. The van der Waals surface area contributed by atoms with Crippen molar-refractivity contribution in [2.24, 2.45) is 0 Å². The van der Waals surface area contributed by atoms with Crippen molar-refractivity contribution in [3.05, 3.63) is 66.1 Å². The quantitative estimate of drug-likeness (QED) is 0.683. The summed E-state index contributed by atoms with van der Waals surface area (Å²) in [4.78, 5) is 15.2. The number of methoxy groups -OCH3 is 1. The molecule has 1 aliphatic rings. The van der Waals surface area contributed by atoms with Crippen molar-refractivity contribution in [2.45, 2.75) is 25.3 Å². The van der Waals surface area contributed by atoms with E-state index in [1.165, 1.54) is 5.56 Å². The van der Waals surface area contributed by atoms with Gasteiger partial charge in [-0.25, -0.2) is 9.97 Å². The molecule has 3 aromatic heterocycles. The third-order valence-electron chi connectivity index (χ3n) is 5.18. The summed E-state index contributed by atoms with van der Waals surface area (Å²) in [5, 5.41) is 9.60. The highest BCUT2D eigenvalue weighted by Crippen LogP contribution is 2.33. The third kappa shape index (κ3) is 3.54. The standard InChI is InChI=1S/C21H22N6O/c1-28-21-18(13-22)19(6-9-25-21)26-11-2-3-17(15-26)20-24-10-12-27(20)14-16-4-7-23-8-5-16/h4-10,12,17H,2-3,11,14-15H2,1H3/t17-/m1/s1. The van der Waals surface area contributed by atoms with Crippen LogP contribution in [0.2, 0.25) is 0 Å². The number of piperidine rings is 1. The fraction of sp³-hybridized carbons (Fsp3) is 0.333. The fourth-order valence-electron chi connectivity index (χ4n) is 3.86. The van der Waals surface area contributed by atoms with E-state index >= 15 is 0 Å². The van der Waals surface area contributed by atoms with Crippen LogP contribution >= 0.6 is 0 Å². The molecule has 0 bridgehead atoms. The maximum Gasteiger partial charge on any atom is 0.233 e. The molecular formula is C21H22N6O. The number of hydrogen-bond acceptors (Lipinski definition) is 6. The molecule has 28 heavy (non-hydrogen) atoms. The van der Waals surface area contributed by atoms with Crippen molar-refractivity contribution in [3.63, 3.8) is 0 Å². The minimum Gasteiger partial charge on any atom is -0.480 e. The van der Waals surface area contributed by atoms with Crippen LogP contribution in [0.1, 0.15) is 35.7 Å². The van der Waals surface area contributed by atoms with E-state index in [0.717, 1.165) is 44.0 Å². The van der Waals surface area contributed by atoms with Gasteiger partial charge in [0.1, 0.15) is 17.5 Å². The van der Waals surface area contributed by atoms with E-state index in [1.54, 1.807) is 13.3 Å². The van der Waals surface area contributed by atoms with E-state index in [1.807, 2.05) is 43.0 Å². The van der Waals surface area contributed by atoms with Gasteiger partial charge >= 0.3 is 0 Å². The van der Waals surface area contributed by atoms with Crippen LogP contribution in [0.15, 0.2) is 49.2 Å². The lowest BCUT2D eigenvalue weighted by atomic mass is 9.96. The van der Waals surface area contributed by atoms with Gasteiger partial charge in [-0.2, -0.15) is 5.26 Å². The van der Waals surface area contributed by atoms with Gasteiger partial charge in [0.05, 0.1) is 12.8 Å². The summed E-state index contributed by atoms with van der Waals surface area (Å²) in [5.74, 6) is 1.76. The molecular weight excluding hydrogens is 352 g/mol. The fourth-order valence-corrected chi connectivity index (χ4v) is 3.86. The molecule has 0 spiro atoms. The Balaban J connectivity index is 1.58. The summed E-state index contributed by atoms with van der Waals surface area (Å²) in [6.45, 7) is 2.50. The number of pyridine rings is 2. The van der Waals surface area contributed by atoms with Gasteiger partial charge in [-0.05, 0) is 36.6 Å². The Morgan fingerprint density at radius 1 is 1.18 bits per heavy atom. The summed E-state index contributed by atoms with van der Waals surface area (Å²) in [7, 11) is 1.54. The molecule has 142 valence electrons. The number of rotatable bonds is 5. The zero-order valence-electron chi connectivity index (χ0n) is 15.8. The van der Waals surface area contributed by atoms with Crippen molar-refractivity contribution in [1.82, 2.24) is 19.5 Å². The molecule has 1 aliphatic heterocycles. The first-order chi connectivity index (χ1) is 13.8. The number of aromatic nitrogens is 4. The second kappa shape index (κ2) is 8.09. The van der Waals surface area contributed by atoms with Crippen LogP contribution in [-0.4, -0.2) is 39.7 Å². The van der Waals surface area contributed by atoms with Gasteiger partial charge in [0.2, 0.25) is 5.88 Å². The van der Waals surface area contributed by atoms with E-state index in [2.05, 4.69) is 30.5 Å². The highest BCUT2D eigenvalue weighted by Gasteiger charge is 2.27.